The molecule has 2 amide bonds. The zero-order valence-corrected chi connectivity index (χ0v) is 22.7. The Bertz CT molecular complexity index is 1030. The molecule has 2 aromatic carbocycles. The van der Waals surface area contributed by atoms with Crippen LogP contribution >= 0.6 is 0 Å². The van der Waals surface area contributed by atoms with Crippen LogP contribution in [0, 0.1) is 5.92 Å². The van der Waals surface area contributed by atoms with Crippen LogP contribution in [0.1, 0.15) is 49.7 Å². The summed E-state index contributed by atoms with van der Waals surface area (Å²) in [4.78, 5) is 38.3. The lowest BCUT2D eigenvalue weighted by molar-refractivity contribution is -0.145. The topological polar surface area (TPSA) is 105 Å². The zero-order valence-electron chi connectivity index (χ0n) is 22.7. The Balaban J connectivity index is 1.98. The van der Waals surface area contributed by atoms with E-state index in [1.165, 1.54) is 0 Å². The van der Waals surface area contributed by atoms with Crippen LogP contribution in [0.15, 0.2) is 86.0 Å². The minimum Gasteiger partial charge on any atom is -0.463 e. The van der Waals surface area contributed by atoms with Gasteiger partial charge in [-0.2, -0.15) is 0 Å². The smallest absolute Gasteiger partial charge is 0.305 e. The van der Waals surface area contributed by atoms with Crippen molar-refractivity contribution in [1.82, 2.24) is 10.6 Å². The van der Waals surface area contributed by atoms with Crippen molar-refractivity contribution in [3.63, 3.8) is 0 Å². The van der Waals surface area contributed by atoms with Gasteiger partial charge in [0.25, 0.3) is 0 Å². The molecule has 0 radical (unpaired) electrons. The molecule has 0 bridgehead atoms. The van der Waals surface area contributed by atoms with E-state index >= 15 is 0 Å². The highest BCUT2D eigenvalue weighted by Crippen LogP contribution is 2.13. The standard InChI is InChI=1S/C32H42N2O5/c1-3-5-6-13-19-31(37)39-24-29(21-26-17-11-8-12-18-26)34-32(38)27(14-4-2)22-30(36)33-28(23-35)20-25-15-9-7-10-16-25/h3-4,7-12,15-18,27-29,35H,1-2,5-6,13-14,19-24H2,(H,33,36)(H,34,38)/t27-,28-,29+/m1/s1. The quantitative estimate of drug-likeness (QED) is 0.142. The van der Waals surface area contributed by atoms with E-state index in [4.69, 9.17) is 4.74 Å². The molecule has 210 valence electrons. The Morgan fingerprint density at radius 2 is 1.46 bits per heavy atom. The van der Waals surface area contributed by atoms with Gasteiger partial charge in [0.05, 0.1) is 24.6 Å². The van der Waals surface area contributed by atoms with Crippen molar-refractivity contribution in [3.8, 4) is 0 Å². The van der Waals surface area contributed by atoms with E-state index < -0.39 is 18.0 Å². The second-order valence-corrected chi connectivity index (χ2v) is 9.67. The Morgan fingerprint density at radius 1 is 0.846 bits per heavy atom. The maximum atomic E-state index is 13.3. The van der Waals surface area contributed by atoms with E-state index in [0.29, 0.717) is 25.7 Å². The number of rotatable bonds is 19. The first-order chi connectivity index (χ1) is 18.9. The molecular formula is C32H42N2O5. The van der Waals surface area contributed by atoms with Crippen molar-refractivity contribution < 1.29 is 24.2 Å². The Hall–Kier alpha value is -3.71. The van der Waals surface area contributed by atoms with E-state index in [2.05, 4.69) is 23.8 Å². The summed E-state index contributed by atoms with van der Waals surface area (Å²) in [5.74, 6) is -1.58. The van der Waals surface area contributed by atoms with Crippen LogP contribution in [0.25, 0.3) is 0 Å². The van der Waals surface area contributed by atoms with Gasteiger partial charge in [0.1, 0.15) is 6.61 Å². The molecule has 0 fully saturated rings. The molecule has 0 aliphatic carbocycles. The second kappa shape index (κ2) is 18.5. The van der Waals surface area contributed by atoms with Gasteiger partial charge >= 0.3 is 5.97 Å². The summed E-state index contributed by atoms with van der Waals surface area (Å²) in [6.07, 6.45) is 7.41. The molecule has 0 aromatic heterocycles. The number of benzene rings is 2. The van der Waals surface area contributed by atoms with E-state index in [9.17, 15) is 19.5 Å². The lowest BCUT2D eigenvalue weighted by Gasteiger charge is -2.23. The van der Waals surface area contributed by atoms with Crippen LogP contribution in [0.4, 0.5) is 0 Å². The average Bonchev–Trinajstić information content (AvgIpc) is 2.94. The average molecular weight is 535 g/mol. The summed E-state index contributed by atoms with van der Waals surface area (Å²) in [7, 11) is 0. The molecular weight excluding hydrogens is 492 g/mol. The molecule has 3 N–H and O–H groups in total. The van der Waals surface area contributed by atoms with Crippen LogP contribution in [0.5, 0.6) is 0 Å². The number of carbonyl (C=O) groups is 3. The van der Waals surface area contributed by atoms with Gasteiger partial charge in [0.15, 0.2) is 0 Å². The highest BCUT2D eigenvalue weighted by atomic mass is 16.5. The summed E-state index contributed by atoms with van der Waals surface area (Å²) < 4.78 is 5.50. The molecule has 7 heteroatoms. The number of aliphatic hydroxyl groups excluding tert-OH is 1. The molecule has 0 saturated heterocycles. The molecule has 0 heterocycles. The Kier molecular flexibility index (Phi) is 15.0. The first kappa shape index (κ1) is 31.5. The summed E-state index contributed by atoms with van der Waals surface area (Å²) in [5, 5.41) is 15.6. The third-order valence-corrected chi connectivity index (χ3v) is 6.32. The van der Waals surface area contributed by atoms with Gasteiger partial charge in [-0.3, -0.25) is 14.4 Å². The van der Waals surface area contributed by atoms with Crippen LogP contribution in [-0.4, -0.2) is 48.2 Å². The molecule has 0 saturated carbocycles. The first-order valence-electron chi connectivity index (χ1n) is 13.6. The zero-order chi connectivity index (χ0) is 28.3. The molecule has 39 heavy (non-hydrogen) atoms. The number of esters is 1. The molecule has 2 aromatic rings. The predicted molar refractivity (Wildman–Crippen MR) is 154 cm³/mol. The lowest BCUT2D eigenvalue weighted by atomic mass is 9.98. The minimum absolute atomic E-state index is 0.0393. The Morgan fingerprint density at radius 3 is 2.03 bits per heavy atom. The highest BCUT2D eigenvalue weighted by molar-refractivity contribution is 5.86. The Labute approximate surface area is 232 Å². The fourth-order valence-corrected chi connectivity index (χ4v) is 4.25. The van der Waals surface area contributed by atoms with Crippen LogP contribution < -0.4 is 10.6 Å². The molecule has 7 nitrogen and oxygen atoms in total. The lowest BCUT2D eigenvalue weighted by Crippen LogP contribution is -2.45. The van der Waals surface area contributed by atoms with Crippen LogP contribution in [0.2, 0.25) is 0 Å². The maximum absolute atomic E-state index is 13.3. The largest absolute Gasteiger partial charge is 0.463 e. The third-order valence-electron chi connectivity index (χ3n) is 6.32. The maximum Gasteiger partial charge on any atom is 0.305 e. The van der Waals surface area contributed by atoms with Gasteiger partial charge in [-0.1, -0.05) is 72.8 Å². The fourth-order valence-electron chi connectivity index (χ4n) is 4.25. The number of amides is 2. The van der Waals surface area contributed by atoms with Crippen molar-refractivity contribution in [2.75, 3.05) is 13.2 Å². The van der Waals surface area contributed by atoms with Gasteiger partial charge < -0.3 is 20.5 Å². The van der Waals surface area contributed by atoms with Crippen molar-refractivity contribution in [3.05, 3.63) is 97.1 Å². The molecule has 2 rings (SSSR count). The first-order valence-corrected chi connectivity index (χ1v) is 13.6. The van der Waals surface area contributed by atoms with Crippen LogP contribution in [0.3, 0.4) is 0 Å². The normalized spacial score (nSPS) is 12.9. The number of nitrogens with one attached hydrogen (secondary N) is 2. The predicted octanol–water partition coefficient (Wildman–Crippen LogP) is 4.31. The minimum atomic E-state index is -0.647. The summed E-state index contributed by atoms with van der Waals surface area (Å²) in [6, 6.07) is 18.3. The van der Waals surface area contributed by atoms with Crippen LogP contribution in [-0.2, 0) is 32.0 Å². The van der Waals surface area contributed by atoms with E-state index in [0.717, 1.165) is 30.4 Å². The molecule has 0 aliphatic rings. The van der Waals surface area contributed by atoms with E-state index in [-0.39, 0.29) is 37.4 Å². The number of aliphatic hydroxyl groups is 1. The SMILES string of the molecule is C=CCCCCC(=O)OC[C@H](Cc1ccccc1)NC(=O)[C@H](CC=C)CC(=O)N[C@@H](CO)Cc1ccccc1. The molecule has 0 aliphatic heterocycles. The van der Waals surface area contributed by atoms with Gasteiger partial charge in [-0.15, -0.1) is 13.2 Å². The van der Waals surface area contributed by atoms with Crippen molar-refractivity contribution in [2.45, 2.75) is 63.5 Å². The number of hydrogen-bond acceptors (Lipinski definition) is 5. The van der Waals surface area contributed by atoms with Crippen molar-refractivity contribution in [2.24, 2.45) is 5.92 Å². The second-order valence-electron chi connectivity index (χ2n) is 9.67. The summed E-state index contributed by atoms with van der Waals surface area (Å²) >= 11 is 0. The summed E-state index contributed by atoms with van der Waals surface area (Å²) in [5.41, 5.74) is 1.99. The van der Waals surface area contributed by atoms with Crippen molar-refractivity contribution >= 4 is 17.8 Å². The van der Waals surface area contributed by atoms with E-state index in [1.807, 2.05) is 66.7 Å². The number of ether oxygens (including phenoxy) is 1. The van der Waals surface area contributed by atoms with Gasteiger partial charge in [-0.25, -0.2) is 0 Å². The number of hydrogen-bond donors (Lipinski definition) is 3. The summed E-state index contributed by atoms with van der Waals surface area (Å²) in [6.45, 7) is 7.26. The monoisotopic (exact) mass is 534 g/mol. The molecule has 0 spiro atoms. The fraction of sp³-hybridized carbons (Fsp3) is 0.406. The number of unbranched alkanes of at least 4 members (excludes halogenated alkanes) is 2. The molecule has 3 atom stereocenters. The molecule has 0 unspecified atom stereocenters. The van der Waals surface area contributed by atoms with Gasteiger partial charge in [0.2, 0.25) is 11.8 Å². The van der Waals surface area contributed by atoms with Gasteiger partial charge in [0, 0.05) is 12.8 Å². The van der Waals surface area contributed by atoms with E-state index in [1.54, 1.807) is 6.08 Å². The van der Waals surface area contributed by atoms with Gasteiger partial charge in [-0.05, 0) is 49.7 Å². The number of carbonyl (C=O) groups excluding carboxylic acids is 3. The van der Waals surface area contributed by atoms with Crippen molar-refractivity contribution in [1.29, 1.82) is 0 Å². The third kappa shape index (κ3) is 13.1. The highest BCUT2D eigenvalue weighted by Gasteiger charge is 2.25. The number of allylic oxidation sites excluding steroid dienone is 2.